The molecule has 0 fully saturated rings. The zero-order valence-corrected chi connectivity index (χ0v) is 39.2. The molecule has 0 bridgehead atoms. The van der Waals surface area contributed by atoms with E-state index in [0.717, 1.165) is 110 Å². The standard InChI is InChI=1S/C50H98N2O6/c1-6-10-14-16-20-26-35-47(36-27-21-17-15-11-7-2)58-49(55)38-29-23-19-25-31-42-52(43-32-40-51-50(56)45(5)53)41-30-24-18-22-28-37-48(54)57-44-39-46(33-12-8-3)34-13-9-4/h45-47,53H,6-44H2,1-5H3,(H,51,56). The van der Waals surface area contributed by atoms with E-state index < -0.39 is 6.10 Å². The van der Waals surface area contributed by atoms with Crippen molar-refractivity contribution in [1.29, 1.82) is 0 Å². The van der Waals surface area contributed by atoms with Crippen LogP contribution in [0.5, 0.6) is 0 Å². The summed E-state index contributed by atoms with van der Waals surface area (Å²) in [7, 11) is 0. The number of hydrogen-bond donors (Lipinski definition) is 2. The molecular weight excluding hydrogens is 725 g/mol. The second-order valence-electron chi connectivity index (χ2n) is 17.6. The highest BCUT2D eigenvalue weighted by molar-refractivity contribution is 5.79. The molecule has 0 heterocycles. The molecular formula is C50H98N2O6. The Hall–Kier alpha value is -1.67. The predicted molar refractivity (Wildman–Crippen MR) is 245 cm³/mol. The van der Waals surface area contributed by atoms with Crippen LogP contribution in [0.1, 0.15) is 253 Å². The third kappa shape index (κ3) is 38.5. The average Bonchev–Trinajstić information content (AvgIpc) is 3.21. The summed E-state index contributed by atoms with van der Waals surface area (Å²) in [4.78, 5) is 39.5. The second kappa shape index (κ2) is 43.4. The lowest BCUT2D eigenvalue weighted by Gasteiger charge is -2.22. The summed E-state index contributed by atoms with van der Waals surface area (Å²) in [5, 5.41) is 12.3. The van der Waals surface area contributed by atoms with E-state index in [9.17, 15) is 19.5 Å². The fourth-order valence-electron chi connectivity index (χ4n) is 7.91. The summed E-state index contributed by atoms with van der Waals surface area (Å²) in [5.74, 6) is 0.341. The molecule has 1 amide bonds. The van der Waals surface area contributed by atoms with E-state index in [1.807, 2.05) is 0 Å². The van der Waals surface area contributed by atoms with Crippen molar-refractivity contribution in [3.05, 3.63) is 0 Å². The number of carbonyl (C=O) groups excluding carboxylic acids is 3. The first kappa shape index (κ1) is 56.3. The molecule has 0 spiro atoms. The van der Waals surface area contributed by atoms with Crippen LogP contribution in [-0.2, 0) is 23.9 Å². The van der Waals surface area contributed by atoms with Gasteiger partial charge in [-0.1, -0.05) is 169 Å². The minimum absolute atomic E-state index is 0.000204. The van der Waals surface area contributed by atoms with Crippen LogP contribution in [-0.4, -0.2) is 72.8 Å². The first-order valence-corrected chi connectivity index (χ1v) is 25.3. The number of rotatable bonds is 45. The fourth-order valence-corrected chi connectivity index (χ4v) is 7.91. The number of amides is 1. The highest BCUT2D eigenvalue weighted by atomic mass is 16.5. The van der Waals surface area contributed by atoms with E-state index >= 15 is 0 Å². The van der Waals surface area contributed by atoms with Gasteiger partial charge >= 0.3 is 11.9 Å². The molecule has 1 unspecified atom stereocenters. The van der Waals surface area contributed by atoms with Crippen molar-refractivity contribution in [2.75, 3.05) is 32.8 Å². The minimum Gasteiger partial charge on any atom is -0.466 e. The predicted octanol–water partition coefficient (Wildman–Crippen LogP) is 13.2. The van der Waals surface area contributed by atoms with Gasteiger partial charge in [-0.2, -0.15) is 0 Å². The van der Waals surface area contributed by atoms with E-state index in [1.54, 1.807) is 0 Å². The Morgan fingerprint density at radius 3 is 1.43 bits per heavy atom. The third-order valence-corrected chi connectivity index (χ3v) is 11.8. The summed E-state index contributed by atoms with van der Waals surface area (Å²) in [5.41, 5.74) is 0. The van der Waals surface area contributed by atoms with Crippen LogP contribution in [0.15, 0.2) is 0 Å². The third-order valence-electron chi connectivity index (χ3n) is 11.8. The number of carbonyl (C=O) groups is 3. The number of unbranched alkanes of at least 4 members (excludes halogenated alkanes) is 20. The molecule has 0 aromatic rings. The van der Waals surface area contributed by atoms with Gasteiger partial charge in [0.2, 0.25) is 5.91 Å². The zero-order chi connectivity index (χ0) is 42.7. The Bertz CT molecular complexity index is 891. The largest absolute Gasteiger partial charge is 0.466 e. The van der Waals surface area contributed by atoms with Gasteiger partial charge in [-0.15, -0.1) is 0 Å². The SMILES string of the molecule is CCCCCCCCC(CCCCCCCC)OC(=O)CCCCCCCN(CCCCCCCC(=O)OCCC(CCCC)CCCC)CCCNC(=O)C(C)O. The van der Waals surface area contributed by atoms with Crippen LogP contribution in [0.2, 0.25) is 0 Å². The van der Waals surface area contributed by atoms with E-state index in [1.165, 1.54) is 122 Å². The van der Waals surface area contributed by atoms with Crippen molar-refractivity contribution in [2.24, 2.45) is 5.92 Å². The monoisotopic (exact) mass is 823 g/mol. The van der Waals surface area contributed by atoms with Crippen molar-refractivity contribution >= 4 is 17.8 Å². The molecule has 8 nitrogen and oxygen atoms in total. The maximum Gasteiger partial charge on any atom is 0.306 e. The van der Waals surface area contributed by atoms with Crippen LogP contribution in [0, 0.1) is 5.92 Å². The summed E-state index contributed by atoms with van der Waals surface area (Å²) in [6, 6.07) is 0. The molecule has 0 rings (SSSR count). The van der Waals surface area contributed by atoms with Gasteiger partial charge in [-0.25, -0.2) is 0 Å². The Labute approximate surface area is 359 Å². The van der Waals surface area contributed by atoms with Gasteiger partial charge in [0.15, 0.2) is 0 Å². The van der Waals surface area contributed by atoms with Gasteiger partial charge < -0.3 is 24.8 Å². The smallest absolute Gasteiger partial charge is 0.306 e. The molecule has 0 aliphatic carbocycles. The highest BCUT2D eigenvalue weighted by Gasteiger charge is 2.15. The quantitative estimate of drug-likeness (QED) is 0.0465. The molecule has 1 atom stereocenters. The maximum atomic E-state index is 12.8. The van der Waals surface area contributed by atoms with Gasteiger partial charge in [0.05, 0.1) is 6.61 Å². The van der Waals surface area contributed by atoms with Crippen LogP contribution in [0.3, 0.4) is 0 Å². The summed E-state index contributed by atoms with van der Waals surface area (Å²) in [6.07, 6.45) is 37.6. The molecule has 0 aromatic heterocycles. The summed E-state index contributed by atoms with van der Waals surface area (Å²) in [6.45, 7) is 14.6. The van der Waals surface area contributed by atoms with Crippen molar-refractivity contribution < 1.29 is 29.0 Å². The fraction of sp³-hybridized carbons (Fsp3) is 0.940. The molecule has 8 heteroatoms. The van der Waals surface area contributed by atoms with E-state index in [0.29, 0.717) is 31.9 Å². The van der Waals surface area contributed by atoms with Crippen molar-refractivity contribution in [2.45, 2.75) is 265 Å². The van der Waals surface area contributed by atoms with Gasteiger partial charge in [0.25, 0.3) is 0 Å². The highest BCUT2D eigenvalue weighted by Crippen LogP contribution is 2.21. The number of hydrogen-bond acceptors (Lipinski definition) is 7. The number of ether oxygens (including phenoxy) is 2. The average molecular weight is 823 g/mol. The number of aliphatic hydroxyl groups excluding tert-OH is 1. The molecule has 0 saturated carbocycles. The van der Waals surface area contributed by atoms with Gasteiger partial charge in [0.1, 0.15) is 12.2 Å². The molecule has 0 saturated heterocycles. The van der Waals surface area contributed by atoms with Gasteiger partial charge in [-0.05, 0) is 96.7 Å². The van der Waals surface area contributed by atoms with Crippen molar-refractivity contribution in [3.63, 3.8) is 0 Å². The zero-order valence-electron chi connectivity index (χ0n) is 39.2. The number of aliphatic hydroxyl groups is 1. The molecule has 0 radical (unpaired) electrons. The Kier molecular flexibility index (Phi) is 42.2. The molecule has 0 aliphatic heterocycles. The number of nitrogens with one attached hydrogen (secondary N) is 1. The van der Waals surface area contributed by atoms with Gasteiger partial charge in [0, 0.05) is 19.4 Å². The lowest BCUT2D eigenvalue weighted by atomic mass is 9.93. The molecule has 0 aliphatic rings. The Balaban J connectivity index is 4.45. The van der Waals surface area contributed by atoms with Crippen molar-refractivity contribution in [1.82, 2.24) is 10.2 Å². The van der Waals surface area contributed by atoms with E-state index in [4.69, 9.17) is 9.47 Å². The molecule has 2 N–H and O–H groups in total. The molecule has 0 aromatic carbocycles. The number of nitrogens with zero attached hydrogens (tertiary/aromatic N) is 1. The molecule has 344 valence electrons. The summed E-state index contributed by atoms with van der Waals surface area (Å²) >= 11 is 0. The number of esters is 2. The van der Waals surface area contributed by atoms with Crippen molar-refractivity contribution in [3.8, 4) is 0 Å². The van der Waals surface area contributed by atoms with E-state index in [2.05, 4.69) is 37.9 Å². The minimum atomic E-state index is -0.977. The van der Waals surface area contributed by atoms with Crippen LogP contribution in [0.25, 0.3) is 0 Å². The maximum absolute atomic E-state index is 12.8. The lowest BCUT2D eigenvalue weighted by molar-refractivity contribution is -0.150. The van der Waals surface area contributed by atoms with Crippen LogP contribution in [0.4, 0.5) is 0 Å². The Morgan fingerprint density at radius 1 is 0.500 bits per heavy atom. The normalized spacial score (nSPS) is 12.2. The first-order valence-electron chi connectivity index (χ1n) is 25.3. The summed E-state index contributed by atoms with van der Waals surface area (Å²) < 4.78 is 11.7. The first-order chi connectivity index (χ1) is 28.3. The van der Waals surface area contributed by atoms with Crippen LogP contribution >= 0.6 is 0 Å². The topological polar surface area (TPSA) is 105 Å². The van der Waals surface area contributed by atoms with E-state index in [-0.39, 0.29) is 23.9 Å². The second-order valence-corrected chi connectivity index (χ2v) is 17.6. The lowest BCUT2D eigenvalue weighted by Crippen LogP contribution is -2.35. The molecule has 58 heavy (non-hydrogen) atoms. The van der Waals surface area contributed by atoms with Gasteiger partial charge in [-0.3, -0.25) is 14.4 Å². The Morgan fingerprint density at radius 2 is 0.931 bits per heavy atom. The van der Waals surface area contributed by atoms with Crippen LogP contribution < -0.4 is 5.32 Å².